The number of ketones is 1. The van der Waals surface area contributed by atoms with Gasteiger partial charge in [0.25, 0.3) is 0 Å². The van der Waals surface area contributed by atoms with Gasteiger partial charge in [0.2, 0.25) is 5.60 Å². The van der Waals surface area contributed by atoms with E-state index in [1.165, 1.54) is 0 Å². The minimum absolute atomic E-state index is 0.114. The van der Waals surface area contributed by atoms with Crippen molar-refractivity contribution in [2.45, 2.75) is 41.7 Å². The number of fused-ring (bicyclic) bond motifs is 2. The quantitative estimate of drug-likeness (QED) is 0.387. The molecule has 3 fully saturated rings. The molecule has 10 heteroatoms. The van der Waals surface area contributed by atoms with Crippen LogP contribution in [0.3, 0.4) is 0 Å². The smallest absolute Gasteiger partial charge is 0.342 e. The summed E-state index contributed by atoms with van der Waals surface area (Å²) in [5.41, 5.74) is -8.71. The highest BCUT2D eigenvalue weighted by Crippen LogP contribution is 2.67. The van der Waals surface area contributed by atoms with Gasteiger partial charge < -0.3 is 29.6 Å². The Balaban J connectivity index is 1.75. The van der Waals surface area contributed by atoms with Gasteiger partial charge in [-0.05, 0) is 24.3 Å². The molecule has 1 saturated heterocycles. The van der Waals surface area contributed by atoms with Crippen LogP contribution < -0.4 is 5.63 Å². The summed E-state index contributed by atoms with van der Waals surface area (Å²) in [5.74, 6) is -7.28. The zero-order valence-electron chi connectivity index (χ0n) is 15.8. The van der Waals surface area contributed by atoms with Gasteiger partial charge in [-0.25, -0.2) is 14.0 Å². The minimum atomic E-state index is -2.88. The van der Waals surface area contributed by atoms with Crippen molar-refractivity contribution in [3.05, 3.63) is 64.0 Å². The molecule has 1 aromatic heterocycles. The number of aliphatic hydroxyl groups is 3. The number of benzene rings is 1. The molecule has 1 aromatic carbocycles. The van der Waals surface area contributed by atoms with Crippen LogP contribution in [0.5, 0.6) is 5.75 Å². The summed E-state index contributed by atoms with van der Waals surface area (Å²) in [6, 6.07) is 5.98. The lowest BCUT2D eigenvalue weighted by molar-refractivity contribution is -0.234. The van der Waals surface area contributed by atoms with Gasteiger partial charge in [0.15, 0.2) is 5.78 Å². The molecule has 31 heavy (non-hydrogen) atoms. The lowest BCUT2D eigenvalue weighted by atomic mass is 9.67. The molecule has 2 aromatic rings. The fraction of sp³-hybridized carbons (Fsp3) is 0.381. The molecule has 162 valence electrons. The van der Waals surface area contributed by atoms with Crippen molar-refractivity contribution >= 4 is 11.8 Å². The highest BCUT2D eigenvalue weighted by atomic mass is 19.1. The molecule has 2 heterocycles. The predicted molar refractivity (Wildman–Crippen MR) is 97.6 cm³/mol. The van der Waals surface area contributed by atoms with Gasteiger partial charge in [0.1, 0.15) is 29.0 Å². The van der Waals surface area contributed by atoms with Crippen molar-refractivity contribution in [3.63, 3.8) is 0 Å². The second-order valence-corrected chi connectivity index (χ2v) is 8.39. The van der Waals surface area contributed by atoms with E-state index in [9.17, 15) is 39.2 Å². The van der Waals surface area contributed by atoms with Crippen molar-refractivity contribution in [2.75, 3.05) is 0 Å². The Kier molecular flexibility index (Phi) is 3.84. The number of rotatable bonds is 3. The molecule has 6 unspecified atom stereocenters. The third kappa shape index (κ3) is 2.37. The molecular weight excluding hydrogens is 415 g/mol. The van der Waals surface area contributed by atoms with E-state index in [2.05, 4.69) is 0 Å². The number of carbonyl (C=O) groups is 2. The molecule has 2 saturated carbocycles. The van der Waals surface area contributed by atoms with E-state index in [4.69, 9.17) is 9.15 Å². The Bertz CT molecular complexity index is 1170. The maximum atomic E-state index is 13.4. The van der Waals surface area contributed by atoms with Crippen molar-refractivity contribution in [3.8, 4) is 5.75 Å². The third-order valence-corrected chi connectivity index (χ3v) is 6.68. The highest BCUT2D eigenvalue weighted by Gasteiger charge is 2.85. The van der Waals surface area contributed by atoms with Crippen molar-refractivity contribution in [1.29, 1.82) is 0 Å². The molecule has 2 aliphatic carbocycles. The largest absolute Gasteiger partial charge is 0.508 e. The average Bonchev–Trinajstić information content (AvgIpc) is 2.70. The van der Waals surface area contributed by atoms with Crippen molar-refractivity contribution < 1.29 is 43.6 Å². The maximum Gasteiger partial charge on any atom is 0.342 e. The van der Waals surface area contributed by atoms with Crippen LogP contribution in [0.1, 0.15) is 34.9 Å². The summed E-state index contributed by atoms with van der Waals surface area (Å²) in [6.07, 6.45) is -1.69. The Morgan fingerprint density at radius 1 is 1.06 bits per heavy atom. The lowest BCUT2D eigenvalue weighted by Gasteiger charge is -2.49. The van der Waals surface area contributed by atoms with Gasteiger partial charge >= 0.3 is 11.6 Å². The average molecular weight is 432 g/mol. The molecule has 0 radical (unpaired) electrons. The number of hydrogen-bond acceptors (Lipinski definition) is 9. The standard InChI is InChI=1S/C21H17FO9/c22-10-3-1-9(2-4-10)15(25)17-19(27)7-12-8-20(28,21(17,29)18(26)30-12)16(19)13-5-11(23)6-14(24)31-13/h1-6,12,16-17,23,27-29H,7-8H2. The summed E-state index contributed by atoms with van der Waals surface area (Å²) in [5, 5.41) is 44.5. The van der Waals surface area contributed by atoms with E-state index >= 15 is 0 Å². The molecule has 6 atom stereocenters. The monoisotopic (exact) mass is 432 g/mol. The molecule has 3 aliphatic rings. The normalized spacial score (nSPS) is 38.2. The van der Waals surface area contributed by atoms with Crippen LogP contribution in [0.4, 0.5) is 4.39 Å². The van der Waals surface area contributed by atoms with E-state index in [0.717, 1.165) is 36.4 Å². The Labute approximate surface area is 173 Å². The zero-order chi connectivity index (χ0) is 22.3. The molecule has 9 nitrogen and oxygen atoms in total. The maximum absolute atomic E-state index is 13.4. The van der Waals surface area contributed by atoms with Crippen LogP contribution in [-0.4, -0.2) is 55.1 Å². The molecular formula is C21H17FO9. The van der Waals surface area contributed by atoms with Crippen LogP contribution in [0.2, 0.25) is 0 Å². The first-order valence-corrected chi connectivity index (χ1v) is 9.53. The van der Waals surface area contributed by atoms with Gasteiger partial charge in [-0.15, -0.1) is 0 Å². The molecule has 0 amide bonds. The molecule has 0 spiro atoms. The van der Waals surface area contributed by atoms with Gasteiger partial charge in [-0.3, -0.25) is 4.79 Å². The first-order valence-electron chi connectivity index (χ1n) is 9.53. The fourth-order valence-corrected chi connectivity index (χ4v) is 5.63. The summed E-state index contributed by atoms with van der Waals surface area (Å²) in [6.45, 7) is 0. The Morgan fingerprint density at radius 2 is 1.74 bits per heavy atom. The van der Waals surface area contributed by atoms with E-state index in [1.807, 2.05) is 0 Å². The third-order valence-electron chi connectivity index (χ3n) is 6.68. The Morgan fingerprint density at radius 3 is 2.39 bits per heavy atom. The highest BCUT2D eigenvalue weighted by molar-refractivity contribution is 6.04. The molecule has 4 N–H and O–H groups in total. The lowest BCUT2D eigenvalue weighted by Crippen LogP contribution is -2.67. The number of halogens is 1. The van der Waals surface area contributed by atoms with Crippen LogP contribution in [0, 0.1) is 11.7 Å². The second kappa shape index (κ2) is 6.00. The van der Waals surface area contributed by atoms with E-state index < -0.39 is 69.4 Å². The number of Topliss-reactive ketones (excluding diaryl/α,β-unsaturated/α-hetero) is 1. The van der Waals surface area contributed by atoms with Gasteiger partial charge in [0.05, 0.1) is 23.5 Å². The fourth-order valence-electron chi connectivity index (χ4n) is 5.63. The first kappa shape index (κ1) is 19.9. The van der Waals surface area contributed by atoms with E-state index in [-0.39, 0.29) is 18.4 Å². The summed E-state index contributed by atoms with van der Waals surface area (Å²) in [4.78, 5) is 38.0. The van der Waals surface area contributed by atoms with Crippen LogP contribution in [0.15, 0.2) is 45.6 Å². The molecule has 3 bridgehead atoms. The summed E-state index contributed by atoms with van der Waals surface area (Å²) >= 11 is 0. The van der Waals surface area contributed by atoms with E-state index in [1.54, 1.807) is 0 Å². The van der Waals surface area contributed by atoms with Crippen molar-refractivity contribution in [2.24, 2.45) is 5.92 Å². The zero-order valence-corrected chi connectivity index (χ0v) is 15.8. The minimum Gasteiger partial charge on any atom is -0.508 e. The number of carbonyl (C=O) groups excluding carboxylic acids is 2. The van der Waals surface area contributed by atoms with Crippen LogP contribution in [-0.2, 0) is 9.53 Å². The molecule has 5 rings (SSSR count). The topological polar surface area (TPSA) is 154 Å². The summed E-state index contributed by atoms with van der Waals surface area (Å²) in [7, 11) is 0. The SMILES string of the molecule is O=C(c1ccc(F)cc1)C1C2(O)CC3CC(O)(C2c2cc(O)cc(=O)o2)C1(O)C(=O)O3. The second-order valence-electron chi connectivity index (χ2n) is 8.39. The van der Waals surface area contributed by atoms with E-state index in [0.29, 0.717) is 0 Å². The Hall–Kier alpha value is -3.08. The van der Waals surface area contributed by atoms with Gasteiger partial charge in [-0.2, -0.15) is 0 Å². The predicted octanol–water partition coefficient (Wildman–Crippen LogP) is -0.00670. The number of hydrogen-bond donors (Lipinski definition) is 4. The van der Waals surface area contributed by atoms with Crippen LogP contribution in [0.25, 0.3) is 0 Å². The van der Waals surface area contributed by atoms with Gasteiger partial charge in [-0.1, -0.05) is 0 Å². The van der Waals surface area contributed by atoms with Crippen molar-refractivity contribution in [1.82, 2.24) is 0 Å². The number of aromatic hydroxyl groups is 1. The number of ether oxygens (including phenoxy) is 1. The summed E-state index contributed by atoms with van der Waals surface area (Å²) < 4.78 is 23.6. The molecule has 1 aliphatic heterocycles. The van der Waals surface area contributed by atoms with Gasteiger partial charge in [0, 0.05) is 24.5 Å². The van der Waals surface area contributed by atoms with Crippen LogP contribution >= 0.6 is 0 Å². The first-order chi connectivity index (χ1) is 14.5. The number of esters is 1.